The van der Waals surface area contributed by atoms with Crippen molar-refractivity contribution in [1.29, 1.82) is 0 Å². The van der Waals surface area contributed by atoms with Gasteiger partial charge in [-0.2, -0.15) is 0 Å². The van der Waals surface area contributed by atoms with Crippen LogP contribution in [0.1, 0.15) is 10.6 Å². The van der Waals surface area contributed by atoms with Gasteiger partial charge in [-0.25, -0.2) is 0 Å². The lowest BCUT2D eigenvalue weighted by atomic mass is 10.1. The van der Waals surface area contributed by atoms with Gasteiger partial charge in [-0.05, 0) is 12.1 Å². The second-order valence-electron chi connectivity index (χ2n) is 3.36. The van der Waals surface area contributed by atoms with E-state index >= 15 is 0 Å². The molecule has 2 aromatic rings. The molecule has 0 unspecified atom stereocenters. The van der Waals surface area contributed by atoms with Crippen LogP contribution >= 0.6 is 0 Å². The molecule has 1 heterocycles. The van der Waals surface area contributed by atoms with Crippen molar-refractivity contribution in [2.75, 3.05) is 0 Å². The average Bonchev–Trinajstić information content (AvgIpc) is 2.75. The minimum atomic E-state index is -4.79. The van der Waals surface area contributed by atoms with Crippen LogP contribution in [0.5, 0.6) is 5.75 Å². The highest BCUT2D eigenvalue weighted by Crippen LogP contribution is 2.35. The Balaban J connectivity index is 2.48. The summed E-state index contributed by atoms with van der Waals surface area (Å²) >= 11 is 0. The number of carbonyl (C=O) groups is 1. The van der Waals surface area contributed by atoms with Crippen LogP contribution in [0.2, 0.25) is 0 Å². The van der Waals surface area contributed by atoms with Crippen LogP contribution in [0.3, 0.4) is 0 Å². The van der Waals surface area contributed by atoms with Crippen LogP contribution in [0.15, 0.2) is 41.0 Å². The predicted octanol–water partition coefficient (Wildman–Crippen LogP) is 3.66. The van der Waals surface area contributed by atoms with Crippen LogP contribution < -0.4 is 4.74 Å². The maximum Gasteiger partial charge on any atom is 0.573 e. The first-order valence-electron chi connectivity index (χ1n) is 4.89. The molecule has 1 aromatic heterocycles. The fourth-order valence-corrected chi connectivity index (χ4v) is 1.54. The van der Waals surface area contributed by atoms with E-state index in [1.807, 2.05) is 0 Å². The molecular formula is C12H7F3O3. The molecule has 0 amide bonds. The number of carbonyl (C=O) groups excluding carboxylic acids is 1. The SMILES string of the molecule is O=Cc1occc1-c1ccccc1OC(F)(F)F. The van der Waals surface area contributed by atoms with Gasteiger partial charge >= 0.3 is 6.36 Å². The lowest BCUT2D eigenvalue weighted by molar-refractivity contribution is -0.274. The van der Waals surface area contributed by atoms with Gasteiger partial charge in [0.2, 0.25) is 0 Å². The zero-order valence-electron chi connectivity index (χ0n) is 8.90. The molecule has 0 bridgehead atoms. The molecule has 0 aliphatic rings. The topological polar surface area (TPSA) is 39.4 Å². The smallest absolute Gasteiger partial charge is 0.461 e. The first kappa shape index (κ1) is 12.2. The highest BCUT2D eigenvalue weighted by atomic mass is 19.4. The van der Waals surface area contributed by atoms with E-state index in [4.69, 9.17) is 4.42 Å². The van der Waals surface area contributed by atoms with E-state index in [0.29, 0.717) is 6.29 Å². The third kappa shape index (κ3) is 2.53. The summed E-state index contributed by atoms with van der Waals surface area (Å²) < 4.78 is 45.4. The molecule has 0 fully saturated rings. The summed E-state index contributed by atoms with van der Waals surface area (Å²) in [6.45, 7) is 0. The standard InChI is InChI=1S/C12H7F3O3/c13-12(14,15)18-10-4-2-1-3-8(10)9-5-6-17-11(9)7-16/h1-7H. The summed E-state index contributed by atoms with van der Waals surface area (Å²) in [4.78, 5) is 10.7. The van der Waals surface area contributed by atoms with E-state index in [1.165, 1.54) is 30.5 Å². The van der Waals surface area contributed by atoms with Crippen molar-refractivity contribution in [2.24, 2.45) is 0 Å². The van der Waals surface area contributed by atoms with Crippen molar-refractivity contribution in [1.82, 2.24) is 0 Å². The molecule has 0 saturated heterocycles. The number of aldehydes is 1. The van der Waals surface area contributed by atoms with Crippen LogP contribution in [0, 0.1) is 0 Å². The van der Waals surface area contributed by atoms with Crippen molar-refractivity contribution >= 4 is 6.29 Å². The lowest BCUT2D eigenvalue weighted by Gasteiger charge is -2.12. The van der Waals surface area contributed by atoms with Crippen molar-refractivity contribution < 1.29 is 27.1 Å². The minimum absolute atomic E-state index is 0.0479. The average molecular weight is 256 g/mol. The fraction of sp³-hybridized carbons (Fsp3) is 0.0833. The fourth-order valence-electron chi connectivity index (χ4n) is 1.54. The van der Waals surface area contributed by atoms with Crippen LogP contribution in [-0.2, 0) is 0 Å². The molecule has 0 aliphatic heterocycles. The van der Waals surface area contributed by atoms with Crippen LogP contribution in [0.4, 0.5) is 13.2 Å². The minimum Gasteiger partial charge on any atom is -0.461 e. The van der Waals surface area contributed by atoms with Gasteiger partial charge in [-0.15, -0.1) is 13.2 Å². The first-order valence-corrected chi connectivity index (χ1v) is 4.89. The van der Waals surface area contributed by atoms with Gasteiger partial charge in [0.15, 0.2) is 12.0 Å². The maximum absolute atomic E-state index is 12.2. The number of halogens is 3. The van der Waals surface area contributed by atoms with Crippen molar-refractivity contribution in [3.63, 3.8) is 0 Å². The monoisotopic (exact) mass is 256 g/mol. The van der Waals surface area contributed by atoms with E-state index in [9.17, 15) is 18.0 Å². The normalized spacial score (nSPS) is 11.3. The van der Waals surface area contributed by atoms with Gasteiger partial charge in [-0.1, -0.05) is 18.2 Å². The molecule has 0 aliphatic carbocycles. The molecule has 0 atom stereocenters. The number of para-hydroxylation sites is 1. The number of benzene rings is 1. The van der Waals surface area contributed by atoms with E-state index in [2.05, 4.69) is 4.74 Å². The molecule has 6 heteroatoms. The summed E-state index contributed by atoms with van der Waals surface area (Å²) in [6, 6.07) is 6.94. The Morgan fingerprint density at radius 1 is 1.11 bits per heavy atom. The molecule has 0 radical (unpaired) electrons. The van der Waals surface area contributed by atoms with E-state index < -0.39 is 6.36 Å². The predicted molar refractivity (Wildman–Crippen MR) is 56.2 cm³/mol. The van der Waals surface area contributed by atoms with Gasteiger partial charge < -0.3 is 9.15 Å². The largest absolute Gasteiger partial charge is 0.573 e. The van der Waals surface area contributed by atoms with Gasteiger partial charge in [0.25, 0.3) is 0 Å². The van der Waals surface area contributed by atoms with Gasteiger partial charge in [0.05, 0.1) is 6.26 Å². The Morgan fingerprint density at radius 3 is 2.50 bits per heavy atom. The molecule has 3 nitrogen and oxygen atoms in total. The highest BCUT2D eigenvalue weighted by molar-refractivity contribution is 5.86. The second-order valence-corrected chi connectivity index (χ2v) is 3.36. The lowest BCUT2D eigenvalue weighted by Crippen LogP contribution is -2.17. The number of alkyl halides is 3. The Morgan fingerprint density at radius 2 is 1.83 bits per heavy atom. The Labute approximate surface area is 99.8 Å². The maximum atomic E-state index is 12.2. The van der Waals surface area contributed by atoms with Gasteiger partial charge in [-0.3, -0.25) is 4.79 Å². The molecular weight excluding hydrogens is 249 g/mol. The van der Waals surface area contributed by atoms with Gasteiger partial charge in [0.1, 0.15) is 5.75 Å². The van der Waals surface area contributed by atoms with Crippen molar-refractivity contribution in [3.05, 3.63) is 42.4 Å². The zero-order valence-corrected chi connectivity index (χ0v) is 8.90. The number of hydrogen-bond donors (Lipinski definition) is 0. The molecule has 2 rings (SSSR count). The number of hydrogen-bond acceptors (Lipinski definition) is 3. The third-order valence-corrected chi connectivity index (χ3v) is 2.21. The molecule has 0 saturated carbocycles. The Hall–Kier alpha value is -2.24. The van der Waals surface area contributed by atoms with E-state index in [-0.39, 0.29) is 22.6 Å². The number of furan rings is 1. The van der Waals surface area contributed by atoms with Gasteiger partial charge in [0, 0.05) is 11.1 Å². The van der Waals surface area contributed by atoms with E-state index in [0.717, 1.165) is 0 Å². The summed E-state index contributed by atoms with van der Waals surface area (Å²) in [7, 11) is 0. The molecule has 0 N–H and O–H groups in total. The van der Waals surface area contributed by atoms with Crippen LogP contribution in [0.25, 0.3) is 11.1 Å². The molecule has 1 aromatic carbocycles. The molecule has 0 spiro atoms. The summed E-state index contributed by atoms with van der Waals surface area (Å²) in [6.07, 6.45) is -3.13. The zero-order chi connectivity index (χ0) is 13.2. The second kappa shape index (κ2) is 4.56. The Bertz CT molecular complexity index is 558. The summed E-state index contributed by atoms with van der Waals surface area (Å²) in [5, 5.41) is 0. The Kier molecular flexibility index (Phi) is 3.10. The van der Waals surface area contributed by atoms with Crippen LogP contribution in [-0.4, -0.2) is 12.6 Å². The number of rotatable bonds is 3. The molecule has 94 valence electrons. The highest BCUT2D eigenvalue weighted by Gasteiger charge is 2.32. The first-order chi connectivity index (χ1) is 8.51. The van der Waals surface area contributed by atoms with Crippen molar-refractivity contribution in [2.45, 2.75) is 6.36 Å². The summed E-state index contributed by atoms with van der Waals surface area (Å²) in [5.41, 5.74) is 0.399. The third-order valence-electron chi connectivity index (χ3n) is 2.21. The number of ether oxygens (including phenoxy) is 1. The van der Waals surface area contributed by atoms with Crippen molar-refractivity contribution in [3.8, 4) is 16.9 Å². The summed E-state index contributed by atoms with van der Waals surface area (Å²) in [5.74, 6) is -0.428. The van der Waals surface area contributed by atoms with E-state index in [1.54, 1.807) is 6.07 Å². The molecule has 18 heavy (non-hydrogen) atoms. The quantitative estimate of drug-likeness (QED) is 0.787.